The van der Waals surface area contributed by atoms with Gasteiger partial charge >= 0.3 is 11.8 Å². The Balaban J connectivity index is 1.26. The lowest BCUT2D eigenvalue weighted by Crippen LogP contribution is -2.37. The van der Waals surface area contributed by atoms with Crippen LogP contribution in [0.5, 0.6) is 17.2 Å². The third-order valence-electron chi connectivity index (χ3n) is 5.21. The molecule has 37 heavy (non-hydrogen) atoms. The van der Waals surface area contributed by atoms with Crippen molar-refractivity contribution in [3.63, 3.8) is 0 Å². The number of benzene rings is 3. The van der Waals surface area contributed by atoms with E-state index >= 15 is 0 Å². The van der Waals surface area contributed by atoms with E-state index in [0.29, 0.717) is 28.5 Å². The van der Waals surface area contributed by atoms with E-state index in [9.17, 15) is 14.4 Å². The van der Waals surface area contributed by atoms with Gasteiger partial charge in [0.2, 0.25) is 6.79 Å². The number of ether oxygens (including phenoxy) is 3. The average Bonchev–Trinajstić information content (AvgIpc) is 3.36. The predicted octanol–water partition coefficient (Wildman–Crippen LogP) is 3.27. The van der Waals surface area contributed by atoms with Gasteiger partial charge in [-0.2, -0.15) is 5.10 Å². The fraction of sp³-hybridized carbons (Fsp3) is 0.154. The van der Waals surface area contributed by atoms with Crippen LogP contribution in [0.1, 0.15) is 16.7 Å². The fourth-order valence-electron chi connectivity index (χ4n) is 3.34. The number of nitrogens with zero attached hydrogens (tertiary/aromatic N) is 1. The average molecular weight is 567 g/mol. The molecule has 0 unspecified atom stereocenters. The van der Waals surface area contributed by atoms with Crippen LogP contribution in [0.3, 0.4) is 0 Å². The summed E-state index contributed by atoms with van der Waals surface area (Å²) in [6.07, 6.45) is 1.33. The zero-order valence-corrected chi connectivity index (χ0v) is 21.3. The van der Waals surface area contributed by atoms with Crippen molar-refractivity contribution in [1.29, 1.82) is 0 Å². The molecule has 10 nitrogen and oxygen atoms in total. The van der Waals surface area contributed by atoms with Crippen molar-refractivity contribution in [3.8, 4) is 17.2 Å². The summed E-state index contributed by atoms with van der Waals surface area (Å²) in [5, 5.41) is 9.15. The van der Waals surface area contributed by atoms with Gasteiger partial charge in [-0.05, 0) is 60.5 Å². The second-order valence-electron chi connectivity index (χ2n) is 7.90. The molecule has 0 atom stereocenters. The molecular weight excluding hydrogens is 544 g/mol. The zero-order chi connectivity index (χ0) is 26.2. The lowest BCUT2D eigenvalue weighted by molar-refractivity contribution is -0.139. The van der Waals surface area contributed by atoms with Gasteiger partial charge in [0.1, 0.15) is 5.75 Å². The van der Waals surface area contributed by atoms with E-state index in [1.807, 2.05) is 19.1 Å². The number of halogens is 1. The molecule has 0 saturated heterocycles. The first-order valence-electron chi connectivity index (χ1n) is 11.2. The van der Waals surface area contributed by atoms with E-state index in [1.54, 1.807) is 48.5 Å². The first-order chi connectivity index (χ1) is 17.9. The van der Waals surface area contributed by atoms with Crippen LogP contribution in [-0.4, -0.2) is 37.3 Å². The molecule has 0 fully saturated rings. The molecule has 11 heteroatoms. The topological polar surface area (TPSA) is 127 Å². The summed E-state index contributed by atoms with van der Waals surface area (Å²) in [6, 6.07) is 17.6. The number of anilines is 1. The Kier molecular flexibility index (Phi) is 8.37. The number of nitrogens with one attached hydrogen (secondary N) is 3. The largest absolute Gasteiger partial charge is 0.483 e. The first kappa shape index (κ1) is 25.7. The van der Waals surface area contributed by atoms with Crippen molar-refractivity contribution in [2.75, 3.05) is 18.7 Å². The Morgan fingerprint density at radius 3 is 2.68 bits per heavy atom. The zero-order valence-electron chi connectivity index (χ0n) is 19.7. The molecule has 0 spiro atoms. The molecule has 3 aromatic carbocycles. The maximum atomic E-state index is 12.3. The molecule has 1 heterocycles. The highest BCUT2D eigenvalue weighted by atomic mass is 79.9. The number of rotatable bonds is 8. The molecule has 3 N–H and O–H groups in total. The lowest BCUT2D eigenvalue weighted by Gasteiger charge is -2.11. The minimum absolute atomic E-state index is 0.130. The number of hydrazone groups is 1. The van der Waals surface area contributed by atoms with Crippen molar-refractivity contribution in [2.24, 2.45) is 5.10 Å². The van der Waals surface area contributed by atoms with Crippen LogP contribution < -0.4 is 30.3 Å². The van der Waals surface area contributed by atoms with Crippen molar-refractivity contribution >= 4 is 45.6 Å². The van der Waals surface area contributed by atoms with E-state index in [1.165, 1.54) is 6.21 Å². The standard InChI is InChI=1S/C26H23BrN4O6/c1-16-10-19(27)7-8-20(16)30-24(32)14-35-21-5-3-2-4-18(21)13-29-31-26(34)25(33)28-12-17-6-9-22-23(11-17)37-15-36-22/h2-11,13H,12,14-15H2,1H3,(H,28,33)(H,30,32)(H,31,34)/b29-13-. The van der Waals surface area contributed by atoms with Crippen LogP contribution in [0.15, 0.2) is 70.2 Å². The minimum atomic E-state index is -0.931. The molecule has 0 aromatic heterocycles. The number of fused-ring (bicyclic) bond motifs is 1. The van der Waals surface area contributed by atoms with Gasteiger partial charge in [0.05, 0.1) is 6.21 Å². The number of hydrogen-bond donors (Lipinski definition) is 3. The number of aryl methyl sites for hydroxylation is 1. The van der Waals surface area contributed by atoms with E-state index in [2.05, 4.69) is 37.1 Å². The molecule has 190 valence electrons. The molecule has 4 rings (SSSR count). The van der Waals surface area contributed by atoms with E-state index in [4.69, 9.17) is 14.2 Å². The van der Waals surface area contributed by atoms with Crippen LogP contribution >= 0.6 is 15.9 Å². The van der Waals surface area contributed by atoms with Crippen LogP contribution in [-0.2, 0) is 20.9 Å². The van der Waals surface area contributed by atoms with Crippen molar-refractivity contribution in [1.82, 2.24) is 10.7 Å². The van der Waals surface area contributed by atoms with Gasteiger partial charge in [0, 0.05) is 22.3 Å². The Morgan fingerprint density at radius 2 is 1.84 bits per heavy atom. The predicted molar refractivity (Wildman–Crippen MR) is 140 cm³/mol. The van der Waals surface area contributed by atoms with Gasteiger partial charge in [-0.3, -0.25) is 14.4 Å². The molecule has 1 aliphatic heterocycles. The number of amides is 3. The number of carbonyl (C=O) groups is 3. The third kappa shape index (κ3) is 7.07. The number of hydrogen-bond acceptors (Lipinski definition) is 7. The monoisotopic (exact) mass is 566 g/mol. The molecule has 0 aliphatic carbocycles. The summed E-state index contributed by atoms with van der Waals surface area (Å²) in [6.45, 7) is 1.94. The quantitative estimate of drug-likeness (QED) is 0.218. The molecule has 1 aliphatic rings. The number of para-hydroxylation sites is 1. The van der Waals surface area contributed by atoms with E-state index in [0.717, 1.165) is 15.6 Å². The fourth-order valence-corrected chi connectivity index (χ4v) is 3.82. The van der Waals surface area contributed by atoms with Gasteiger partial charge in [-0.1, -0.05) is 34.1 Å². The Labute approximate surface area is 221 Å². The van der Waals surface area contributed by atoms with Crippen molar-refractivity contribution in [2.45, 2.75) is 13.5 Å². The summed E-state index contributed by atoms with van der Waals surface area (Å²) < 4.78 is 17.1. The van der Waals surface area contributed by atoms with Crippen LogP contribution in [0.25, 0.3) is 0 Å². The molecule has 0 radical (unpaired) electrons. The van der Waals surface area contributed by atoms with Crippen molar-refractivity contribution in [3.05, 3.63) is 81.8 Å². The Bertz CT molecular complexity index is 1360. The van der Waals surface area contributed by atoms with Crippen LogP contribution in [0, 0.1) is 6.92 Å². The summed E-state index contributed by atoms with van der Waals surface area (Å²) in [4.78, 5) is 36.5. The minimum Gasteiger partial charge on any atom is -0.483 e. The van der Waals surface area contributed by atoms with E-state index in [-0.39, 0.29) is 25.9 Å². The second kappa shape index (κ2) is 12.0. The highest BCUT2D eigenvalue weighted by Crippen LogP contribution is 2.32. The van der Waals surface area contributed by atoms with E-state index < -0.39 is 11.8 Å². The number of carbonyl (C=O) groups excluding carboxylic acids is 3. The summed E-state index contributed by atoms with van der Waals surface area (Å²) >= 11 is 3.39. The van der Waals surface area contributed by atoms with Crippen molar-refractivity contribution < 1.29 is 28.6 Å². The van der Waals surface area contributed by atoms with Gasteiger partial charge < -0.3 is 24.8 Å². The van der Waals surface area contributed by atoms with Crippen LogP contribution in [0.4, 0.5) is 5.69 Å². The van der Waals surface area contributed by atoms with Gasteiger partial charge in [-0.25, -0.2) is 5.43 Å². The Morgan fingerprint density at radius 1 is 1.03 bits per heavy atom. The summed E-state index contributed by atoms with van der Waals surface area (Å²) in [5.74, 6) is -0.506. The smallest absolute Gasteiger partial charge is 0.329 e. The SMILES string of the molecule is Cc1cc(Br)ccc1NC(=O)COc1ccccc1/C=N\NC(=O)C(=O)NCc1ccc2c(c1)OCO2. The summed E-state index contributed by atoms with van der Waals surface area (Å²) in [7, 11) is 0. The molecular formula is C26H23BrN4O6. The highest BCUT2D eigenvalue weighted by Gasteiger charge is 2.16. The van der Waals surface area contributed by atoms with Gasteiger partial charge in [0.25, 0.3) is 5.91 Å². The first-order valence-corrected chi connectivity index (χ1v) is 12.0. The van der Waals surface area contributed by atoms with Crippen LogP contribution in [0.2, 0.25) is 0 Å². The normalized spacial score (nSPS) is 11.7. The Hall–Kier alpha value is -4.38. The molecule has 3 amide bonds. The highest BCUT2D eigenvalue weighted by molar-refractivity contribution is 9.10. The third-order valence-corrected chi connectivity index (χ3v) is 5.70. The van der Waals surface area contributed by atoms with Gasteiger partial charge in [0.15, 0.2) is 18.1 Å². The summed E-state index contributed by atoms with van der Waals surface area (Å²) in [5.41, 5.74) is 5.03. The molecule has 0 bridgehead atoms. The second-order valence-corrected chi connectivity index (χ2v) is 8.82. The van der Waals surface area contributed by atoms with Gasteiger partial charge in [-0.15, -0.1) is 0 Å². The lowest BCUT2D eigenvalue weighted by atomic mass is 10.2. The maximum absolute atomic E-state index is 12.3. The molecule has 3 aromatic rings. The maximum Gasteiger partial charge on any atom is 0.329 e. The molecule has 0 saturated carbocycles.